The summed E-state index contributed by atoms with van der Waals surface area (Å²) < 4.78 is 0. The molecule has 0 spiro atoms. The fraction of sp³-hybridized carbons (Fsp3) is 0.306. The van der Waals surface area contributed by atoms with Gasteiger partial charge in [-0.15, -0.1) is 0 Å². The van der Waals surface area contributed by atoms with E-state index in [0.29, 0.717) is 65.1 Å². The Morgan fingerprint density at radius 2 is 1.43 bits per heavy atom. The van der Waals surface area contributed by atoms with Crippen LogP contribution in [0, 0.1) is 47.3 Å². The van der Waals surface area contributed by atoms with Crippen LogP contribution in [0.15, 0.2) is 169 Å². The average molecular weight is 633 g/mol. The van der Waals surface area contributed by atoms with E-state index >= 15 is 0 Å². The maximum atomic E-state index is 2.68. The smallest absolute Gasteiger partial charge is 0.00991 e. The van der Waals surface area contributed by atoms with E-state index in [2.05, 4.69) is 166 Å². The summed E-state index contributed by atoms with van der Waals surface area (Å²) in [6.45, 7) is 5.01. The predicted octanol–water partition coefficient (Wildman–Crippen LogP) is 11.4. The Kier molecular flexibility index (Phi) is 5.98. The molecule has 0 radical (unpaired) electrons. The minimum absolute atomic E-state index is 0.0450. The molecule has 0 nitrogen and oxygen atoms in total. The van der Waals surface area contributed by atoms with E-state index in [9.17, 15) is 0 Å². The van der Waals surface area contributed by atoms with Crippen molar-refractivity contribution in [3.63, 3.8) is 0 Å². The second kappa shape index (κ2) is 10.3. The highest BCUT2D eigenvalue weighted by Gasteiger charge is 2.49. The monoisotopic (exact) mass is 632 g/mol. The summed E-state index contributed by atoms with van der Waals surface area (Å²) in [6.07, 6.45) is 45.4. The molecule has 0 bridgehead atoms. The van der Waals surface area contributed by atoms with Crippen molar-refractivity contribution in [3.8, 4) is 0 Å². The van der Waals surface area contributed by atoms with Crippen LogP contribution in [0.2, 0.25) is 0 Å². The van der Waals surface area contributed by atoms with E-state index in [0.717, 1.165) is 6.42 Å². The molecule has 2 aromatic rings. The molecule has 0 heterocycles. The zero-order valence-electron chi connectivity index (χ0n) is 28.5. The summed E-state index contributed by atoms with van der Waals surface area (Å²) in [4.78, 5) is 0. The third kappa shape index (κ3) is 3.92. The Balaban J connectivity index is 0.953. The number of hydrogen-bond donors (Lipinski definition) is 0. The van der Waals surface area contributed by atoms with Crippen molar-refractivity contribution in [2.45, 2.75) is 43.4 Å². The van der Waals surface area contributed by atoms with Gasteiger partial charge in [-0.3, -0.25) is 0 Å². The van der Waals surface area contributed by atoms with Crippen molar-refractivity contribution in [1.82, 2.24) is 0 Å². The zero-order valence-corrected chi connectivity index (χ0v) is 28.5. The molecule has 0 aliphatic heterocycles. The molecule has 9 aliphatic rings. The van der Waals surface area contributed by atoms with Gasteiger partial charge in [0.25, 0.3) is 0 Å². The first-order valence-corrected chi connectivity index (χ1v) is 18.9. The highest BCUT2D eigenvalue weighted by Crippen LogP contribution is 2.60. The Morgan fingerprint density at radius 3 is 2.35 bits per heavy atom. The van der Waals surface area contributed by atoms with E-state index in [-0.39, 0.29) is 5.41 Å². The second-order valence-electron chi connectivity index (χ2n) is 16.7. The van der Waals surface area contributed by atoms with Crippen molar-refractivity contribution in [2.75, 3.05) is 0 Å². The third-order valence-corrected chi connectivity index (χ3v) is 14.2. The number of fused-ring (bicyclic) bond motifs is 11. The maximum absolute atomic E-state index is 2.68. The molecule has 0 fully saturated rings. The van der Waals surface area contributed by atoms with Crippen LogP contribution in [0.3, 0.4) is 0 Å². The van der Waals surface area contributed by atoms with E-state index in [4.69, 9.17) is 0 Å². The van der Waals surface area contributed by atoms with Crippen molar-refractivity contribution in [1.29, 1.82) is 0 Å². The average Bonchev–Trinajstić information content (AvgIpc) is 3.60. The van der Waals surface area contributed by atoms with Gasteiger partial charge in [-0.1, -0.05) is 166 Å². The van der Waals surface area contributed by atoms with Gasteiger partial charge in [0.2, 0.25) is 0 Å². The fourth-order valence-corrected chi connectivity index (χ4v) is 12.0. The van der Waals surface area contributed by atoms with Gasteiger partial charge < -0.3 is 0 Å². The summed E-state index contributed by atoms with van der Waals surface area (Å²) in [5, 5.41) is 0. The molecule has 0 saturated heterocycles. The minimum Gasteiger partial charge on any atom is -0.0836 e. The lowest BCUT2D eigenvalue weighted by atomic mass is 9.56. The van der Waals surface area contributed by atoms with Crippen LogP contribution in [0.5, 0.6) is 0 Å². The van der Waals surface area contributed by atoms with Crippen molar-refractivity contribution >= 4 is 5.57 Å². The van der Waals surface area contributed by atoms with Crippen LogP contribution in [-0.4, -0.2) is 0 Å². The van der Waals surface area contributed by atoms with Crippen LogP contribution in [0.1, 0.15) is 65.8 Å². The normalized spacial score (nSPS) is 38.6. The van der Waals surface area contributed by atoms with Gasteiger partial charge in [-0.05, 0) is 97.5 Å². The Bertz CT molecular complexity index is 2140. The second-order valence-corrected chi connectivity index (χ2v) is 16.7. The van der Waals surface area contributed by atoms with Crippen LogP contribution < -0.4 is 0 Å². The lowest BCUT2D eigenvalue weighted by Gasteiger charge is -2.48. The first kappa shape index (κ1) is 28.4. The highest BCUT2D eigenvalue weighted by molar-refractivity contribution is 5.83. The molecule has 240 valence electrons. The van der Waals surface area contributed by atoms with Gasteiger partial charge in [-0.2, -0.15) is 0 Å². The molecule has 0 amide bonds. The predicted molar refractivity (Wildman–Crippen MR) is 203 cm³/mol. The van der Waals surface area contributed by atoms with Gasteiger partial charge in [0, 0.05) is 29.6 Å². The number of hydrogen-bond acceptors (Lipinski definition) is 0. The van der Waals surface area contributed by atoms with Crippen molar-refractivity contribution in [2.24, 2.45) is 47.3 Å². The molecule has 11 unspecified atom stereocenters. The maximum Gasteiger partial charge on any atom is 0.00991 e. The molecule has 11 rings (SSSR count). The first-order chi connectivity index (χ1) is 24.1. The number of benzene rings is 2. The van der Waals surface area contributed by atoms with Crippen LogP contribution >= 0.6 is 0 Å². The molecule has 11 atom stereocenters. The molecule has 49 heavy (non-hydrogen) atoms. The summed E-state index contributed by atoms with van der Waals surface area (Å²) in [5.74, 6) is 5.73. The lowest BCUT2D eigenvalue weighted by Crippen LogP contribution is -2.41. The van der Waals surface area contributed by atoms with Crippen LogP contribution in [0.25, 0.3) is 5.57 Å². The van der Waals surface area contributed by atoms with Gasteiger partial charge in [0.1, 0.15) is 0 Å². The van der Waals surface area contributed by atoms with E-state index in [1.54, 1.807) is 16.7 Å². The van der Waals surface area contributed by atoms with Crippen LogP contribution in [-0.2, 0) is 5.41 Å². The minimum atomic E-state index is 0.0450. The summed E-state index contributed by atoms with van der Waals surface area (Å²) in [7, 11) is 0. The highest BCUT2D eigenvalue weighted by atomic mass is 14.5. The summed E-state index contributed by atoms with van der Waals surface area (Å²) in [5.41, 5.74) is 13.6. The molecular weight excluding hydrogens is 589 g/mol. The summed E-state index contributed by atoms with van der Waals surface area (Å²) in [6, 6.07) is 16.7. The van der Waals surface area contributed by atoms with Crippen LogP contribution in [0.4, 0.5) is 0 Å². The molecular formula is C49H44. The molecule has 0 saturated carbocycles. The molecule has 0 N–H and O–H groups in total. The van der Waals surface area contributed by atoms with E-state index in [1.165, 1.54) is 33.4 Å². The zero-order chi connectivity index (χ0) is 32.4. The first-order valence-electron chi connectivity index (χ1n) is 18.9. The van der Waals surface area contributed by atoms with E-state index in [1.807, 2.05) is 0 Å². The lowest BCUT2D eigenvalue weighted by molar-refractivity contribution is 0.186. The van der Waals surface area contributed by atoms with Crippen molar-refractivity contribution in [3.05, 3.63) is 196 Å². The molecule has 9 aliphatic carbocycles. The third-order valence-electron chi connectivity index (χ3n) is 14.2. The Hall–Kier alpha value is -4.42. The Labute approximate surface area is 291 Å². The molecule has 0 aromatic heterocycles. The largest absolute Gasteiger partial charge is 0.0836 e. The van der Waals surface area contributed by atoms with E-state index < -0.39 is 0 Å². The van der Waals surface area contributed by atoms with Crippen molar-refractivity contribution < 1.29 is 0 Å². The SMILES string of the molecule is CC1(C)c2cc(C3=C4C=CCC5c6ccccc6C(C=C3)C45)ccc2C2C=CC(C3=CC4C=CC5C=CC=CC5C4C4C=CC=CC34)=CC21. The number of allylic oxidation sites excluding steroid dienone is 22. The van der Waals surface area contributed by atoms with Gasteiger partial charge in [0.15, 0.2) is 0 Å². The van der Waals surface area contributed by atoms with Gasteiger partial charge in [0.05, 0.1) is 0 Å². The standard InChI is InChI=1S/C49H44/c1-49(2)45-27-30(33-24-25-43-36-13-6-5-12-35(36)42-17-9-16-40(33)48(42)43)20-22-38(45)39-23-21-31(28-46(39)49)44-26-32-19-18-29-10-3-4-11-34(29)47(32)41-15-8-7-14-37(41)44/h3-16,18-29,32,34,37,39,41-43,46-48H,17H2,1-2H3. The Morgan fingerprint density at radius 1 is 0.633 bits per heavy atom. The topological polar surface area (TPSA) is 0 Å². The van der Waals surface area contributed by atoms with Gasteiger partial charge >= 0.3 is 0 Å². The fourth-order valence-electron chi connectivity index (χ4n) is 12.0. The molecule has 2 aromatic carbocycles. The quantitative estimate of drug-likeness (QED) is 0.289. The number of rotatable bonds is 2. The van der Waals surface area contributed by atoms with Gasteiger partial charge in [-0.25, -0.2) is 0 Å². The summed E-state index contributed by atoms with van der Waals surface area (Å²) >= 11 is 0. The molecule has 0 heteroatoms.